The van der Waals surface area contributed by atoms with E-state index in [-0.39, 0.29) is 34.7 Å². The van der Waals surface area contributed by atoms with Crippen LogP contribution in [0.15, 0.2) is 29.2 Å². The van der Waals surface area contributed by atoms with Crippen LogP contribution >= 0.6 is 0 Å². The molecule has 7 nitrogen and oxygen atoms in total. The highest BCUT2D eigenvalue weighted by Gasteiger charge is 2.29. The lowest BCUT2D eigenvalue weighted by molar-refractivity contribution is -0.122. The van der Waals surface area contributed by atoms with E-state index in [0.29, 0.717) is 6.42 Å². The molecule has 1 saturated heterocycles. The number of hydrogen-bond acceptors (Lipinski definition) is 5. The van der Waals surface area contributed by atoms with E-state index >= 15 is 0 Å². The van der Waals surface area contributed by atoms with Gasteiger partial charge in [-0.15, -0.1) is 4.83 Å². The number of carbonyl (C=O) groups is 1. The Morgan fingerprint density at radius 2 is 1.88 bits per heavy atom. The van der Waals surface area contributed by atoms with Crippen molar-refractivity contribution in [2.45, 2.75) is 37.5 Å². The van der Waals surface area contributed by atoms with Gasteiger partial charge in [-0.25, -0.2) is 16.8 Å². The summed E-state index contributed by atoms with van der Waals surface area (Å²) in [6.45, 7) is 4.01. The molecule has 1 aliphatic heterocycles. The van der Waals surface area contributed by atoms with Crippen molar-refractivity contribution in [2.24, 2.45) is 5.92 Å². The summed E-state index contributed by atoms with van der Waals surface area (Å²) in [5, 5.41) is 0. The highest BCUT2D eigenvalue weighted by molar-refractivity contribution is 7.91. The van der Waals surface area contributed by atoms with Crippen molar-refractivity contribution in [1.29, 1.82) is 0 Å². The molecule has 0 unspecified atom stereocenters. The third-order valence-corrected chi connectivity index (χ3v) is 7.08. The average molecular weight is 374 g/mol. The summed E-state index contributed by atoms with van der Waals surface area (Å²) in [6, 6.07) is 6.41. The number of hydrogen-bond donors (Lipinski definition) is 2. The third kappa shape index (κ3) is 5.02. The molecule has 0 saturated carbocycles. The van der Waals surface area contributed by atoms with Crippen molar-refractivity contribution in [3.63, 3.8) is 0 Å². The van der Waals surface area contributed by atoms with Gasteiger partial charge in [0.1, 0.15) is 0 Å². The van der Waals surface area contributed by atoms with Gasteiger partial charge in [-0.05, 0) is 36.0 Å². The molecule has 2 N–H and O–H groups in total. The van der Waals surface area contributed by atoms with Crippen LogP contribution in [0.1, 0.15) is 38.2 Å². The van der Waals surface area contributed by atoms with Crippen LogP contribution in [0.5, 0.6) is 0 Å². The Hall–Kier alpha value is -1.45. The van der Waals surface area contributed by atoms with Crippen molar-refractivity contribution in [2.75, 3.05) is 11.5 Å². The molecule has 134 valence electrons. The monoisotopic (exact) mass is 374 g/mol. The molecule has 0 bridgehead atoms. The standard InChI is InChI=1S/C15H22N2O5S2/c1-11(2)13-3-5-14(6-4-13)24(21,22)17-16-15(18)9-12-7-8-23(19,20)10-12/h3-6,11-12,17H,7-10H2,1-2H3,(H,16,18)/t12-/m1/s1. The Balaban J connectivity index is 1.91. The Morgan fingerprint density at radius 1 is 1.25 bits per heavy atom. The zero-order valence-electron chi connectivity index (χ0n) is 13.7. The van der Waals surface area contributed by atoms with E-state index in [1.54, 1.807) is 12.1 Å². The predicted molar refractivity (Wildman–Crippen MR) is 90.4 cm³/mol. The first-order chi connectivity index (χ1) is 11.1. The van der Waals surface area contributed by atoms with Gasteiger partial charge in [-0.1, -0.05) is 26.0 Å². The van der Waals surface area contributed by atoms with Crippen LogP contribution in [0.25, 0.3) is 0 Å². The summed E-state index contributed by atoms with van der Waals surface area (Å²) in [6.07, 6.45) is 0.410. The van der Waals surface area contributed by atoms with Crippen molar-refractivity contribution in [3.8, 4) is 0 Å². The van der Waals surface area contributed by atoms with Gasteiger partial charge >= 0.3 is 0 Å². The maximum atomic E-state index is 12.1. The molecule has 1 fully saturated rings. The van der Waals surface area contributed by atoms with E-state index in [0.717, 1.165) is 5.56 Å². The molecule has 2 rings (SSSR count). The van der Waals surface area contributed by atoms with Crippen LogP contribution in [0.3, 0.4) is 0 Å². The summed E-state index contributed by atoms with van der Waals surface area (Å²) < 4.78 is 47.0. The number of sulfone groups is 1. The molecule has 24 heavy (non-hydrogen) atoms. The van der Waals surface area contributed by atoms with Crippen molar-refractivity contribution >= 4 is 25.8 Å². The van der Waals surface area contributed by atoms with Crippen LogP contribution in [0, 0.1) is 5.92 Å². The first kappa shape index (κ1) is 18.9. The Kier molecular flexibility index (Phi) is 5.67. The molecule has 9 heteroatoms. The van der Waals surface area contributed by atoms with Crippen LogP contribution in [-0.2, 0) is 24.7 Å². The highest BCUT2D eigenvalue weighted by Crippen LogP contribution is 2.21. The topological polar surface area (TPSA) is 109 Å². The fourth-order valence-corrected chi connectivity index (χ4v) is 5.28. The fourth-order valence-electron chi connectivity index (χ4n) is 2.56. The largest absolute Gasteiger partial charge is 0.278 e. The van der Waals surface area contributed by atoms with E-state index in [1.807, 2.05) is 18.7 Å². The molecule has 1 aromatic carbocycles. The number of amides is 1. The SMILES string of the molecule is CC(C)c1ccc(S(=O)(=O)NNC(=O)C[C@H]2CCS(=O)(=O)C2)cc1. The smallest absolute Gasteiger partial charge is 0.257 e. The molecule has 0 radical (unpaired) electrons. The van der Waals surface area contributed by atoms with Crippen molar-refractivity contribution in [3.05, 3.63) is 29.8 Å². The molecule has 1 heterocycles. The summed E-state index contributed by atoms with van der Waals surface area (Å²) in [5.41, 5.74) is 3.16. The minimum atomic E-state index is -3.85. The summed E-state index contributed by atoms with van der Waals surface area (Å²) >= 11 is 0. The first-order valence-electron chi connectivity index (χ1n) is 7.70. The van der Waals surface area contributed by atoms with Crippen molar-refractivity contribution < 1.29 is 21.6 Å². The van der Waals surface area contributed by atoms with E-state index in [2.05, 4.69) is 5.43 Å². The van der Waals surface area contributed by atoms with Crippen LogP contribution in [0.4, 0.5) is 0 Å². The molecule has 0 aliphatic carbocycles. The Labute approximate surface area is 142 Å². The summed E-state index contributed by atoms with van der Waals surface area (Å²) in [7, 11) is -6.91. The lowest BCUT2D eigenvalue weighted by Gasteiger charge is -2.11. The molecule has 1 amide bonds. The van der Waals surface area contributed by atoms with Gasteiger partial charge < -0.3 is 0 Å². The van der Waals surface area contributed by atoms with E-state index in [9.17, 15) is 21.6 Å². The molecular formula is C15H22N2O5S2. The molecule has 1 atom stereocenters. The maximum absolute atomic E-state index is 12.1. The first-order valence-corrected chi connectivity index (χ1v) is 11.0. The normalized spacial score (nSPS) is 20.2. The van der Waals surface area contributed by atoms with Crippen LogP contribution in [0.2, 0.25) is 0 Å². The third-order valence-electron chi connectivity index (χ3n) is 3.98. The second-order valence-electron chi connectivity index (χ2n) is 6.35. The maximum Gasteiger partial charge on any atom is 0.257 e. The predicted octanol–water partition coefficient (Wildman–Crippen LogP) is 0.944. The van der Waals surface area contributed by atoms with E-state index in [4.69, 9.17) is 0 Å². The molecule has 0 aromatic heterocycles. The van der Waals surface area contributed by atoms with E-state index < -0.39 is 25.8 Å². The highest BCUT2D eigenvalue weighted by atomic mass is 32.2. The minimum Gasteiger partial charge on any atom is -0.278 e. The zero-order chi connectivity index (χ0) is 18.0. The number of nitrogens with one attached hydrogen (secondary N) is 2. The van der Waals surface area contributed by atoms with Gasteiger partial charge in [0.15, 0.2) is 9.84 Å². The Bertz CT molecular complexity index is 799. The number of rotatable bonds is 6. The fraction of sp³-hybridized carbons (Fsp3) is 0.533. The second-order valence-corrected chi connectivity index (χ2v) is 10.3. The minimum absolute atomic E-state index is 0.0198. The average Bonchev–Trinajstić information content (AvgIpc) is 2.84. The summed E-state index contributed by atoms with van der Waals surface area (Å²) in [4.78, 5) is 13.9. The number of benzene rings is 1. The van der Waals surface area contributed by atoms with Crippen molar-refractivity contribution in [1.82, 2.24) is 10.3 Å². The number of sulfonamides is 1. The zero-order valence-corrected chi connectivity index (χ0v) is 15.3. The van der Waals surface area contributed by atoms with Gasteiger partial charge in [-0.2, -0.15) is 0 Å². The van der Waals surface area contributed by atoms with Gasteiger partial charge in [0.25, 0.3) is 10.0 Å². The summed E-state index contributed by atoms with van der Waals surface area (Å²) in [5.74, 6) is -0.454. The van der Waals surface area contributed by atoms with Gasteiger partial charge in [-0.3, -0.25) is 10.2 Å². The lowest BCUT2D eigenvalue weighted by atomic mass is 10.0. The lowest BCUT2D eigenvalue weighted by Crippen LogP contribution is -2.42. The second kappa shape index (κ2) is 7.20. The van der Waals surface area contributed by atoms with Gasteiger partial charge in [0, 0.05) is 6.42 Å². The number of carbonyl (C=O) groups excluding carboxylic acids is 1. The van der Waals surface area contributed by atoms with Gasteiger partial charge in [0.2, 0.25) is 5.91 Å². The molecule has 1 aromatic rings. The van der Waals surface area contributed by atoms with Crippen LogP contribution < -0.4 is 10.3 Å². The number of hydrazine groups is 1. The molecule has 0 spiro atoms. The van der Waals surface area contributed by atoms with E-state index in [1.165, 1.54) is 12.1 Å². The van der Waals surface area contributed by atoms with Crippen LogP contribution in [-0.4, -0.2) is 34.2 Å². The Morgan fingerprint density at radius 3 is 2.38 bits per heavy atom. The van der Waals surface area contributed by atoms with Gasteiger partial charge in [0.05, 0.1) is 16.4 Å². The quantitative estimate of drug-likeness (QED) is 0.720. The molecular weight excluding hydrogens is 352 g/mol. The molecule has 1 aliphatic rings.